The van der Waals surface area contributed by atoms with Gasteiger partial charge in [0.05, 0.1) is 17.2 Å². The lowest BCUT2D eigenvalue weighted by Crippen LogP contribution is -2.52. The zero-order valence-corrected chi connectivity index (χ0v) is 14.4. The molecule has 0 heterocycles. The summed E-state index contributed by atoms with van der Waals surface area (Å²) in [5, 5.41) is 3.37. The molecule has 0 radical (unpaired) electrons. The first-order valence-corrected chi connectivity index (χ1v) is 7.95. The number of benzene rings is 1. The molecule has 1 amide bonds. The Morgan fingerprint density at radius 1 is 1.36 bits per heavy atom. The van der Waals surface area contributed by atoms with E-state index in [4.69, 9.17) is 22.1 Å². The highest BCUT2D eigenvalue weighted by Gasteiger charge is 2.35. The van der Waals surface area contributed by atoms with Gasteiger partial charge in [0.1, 0.15) is 5.75 Å². The molecule has 0 aromatic heterocycles. The van der Waals surface area contributed by atoms with Crippen molar-refractivity contribution in [1.82, 2.24) is 0 Å². The van der Waals surface area contributed by atoms with Crippen molar-refractivity contribution >= 4 is 35.6 Å². The van der Waals surface area contributed by atoms with Gasteiger partial charge in [-0.05, 0) is 37.5 Å². The Balaban J connectivity index is 0.00000242. The highest BCUT2D eigenvalue weighted by atomic mass is 35.5. The largest absolute Gasteiger partial charge is 0.492 e. The van der Waals surface area contributed by atoms with Gasteiger partial charge in [0.2, 0.25) is 5.91 Å². The molecule has 1 fully saturated rings. The molecule has 3 N–H and O–H groups in total. The van der Waals surface area contributed by atoms with Crippen LogP contribution in [0.3, 0.4) is 0 Å². The molecule has 0 unspecified atom stereocenters. The van der Waals surface area contributed by atoms with Crippen LogP contribution >= 0.6 is 24.0 Å². The number of hydrogen-bond acceptors (Lipinski definition) is 3. The van der Waals surface area contributed by atoms with Crippen molar-refractivity contribution in [2.45, 2.75) is 51.0 Å². The molecule has 22 heavy (non-hydrogen) atoms. The van der Waals surface area contributed by atoms with E-state index in [9.17, 15) is 4.79 Å². The summed E-state index contributed by atoms with van der Waals surface area (Å²) < 4.78 is 5.51. The molecule has 0 saturated heterocycles. The van der Waals surface area contributed by atoms with Gasteiger partial charge in [-0.2, -0.15) is 0 Å². The van der Waals surface area contributed by atoms with Gasteiger partial charge in [0.25, 0.3) is 0 Å². The predicted octanol–water partition coefficient (Wildman–Crippen LogP) is 4.15. The molecule has 0 bridgehead atoms. The molecule has 6 heteroatoms. The summed E-state index contributed by atoms with van der Waals surface area (Å²) in [6, 6.07) is 5.27. The number of nitrogens with two attached hydrogens (primary N) is 1. The van der Waals surface area contributed by atoms with Crippen molar-refractivity contribution in [2.24, 2.45) is 5.73 Å². The molecular formula is C16H24Cl2N2O2. The molecular weight excluding hydrogens is 323 g/mol. The topological polar surface area (TPSA) is 64.3 Å². The second-order valence-corrected chi connectivity index (χ2v) is 6.07. The first kappa shape index (κ1) is 19.1. The summed E-state index contributed by atoms with van der Waals surface area (Å²) in [5.41, 5.74) is 6.12. The van der Waals surface area contributed by atoms with Gasteiger partial charge in [0.15, 0.2) is 0 Å². The molecule has 1 aliphatic rings. The average molecular weight is 347 g/mol. The van der Waals surface area contributed by atoms with Crippen molar-refractivity contribution in [3.63, 3.8) is 0 Å². The number of ether oxygens (including phenoxy) is 1. The lowest BCUT2D eigenvalue weighted by atomic mass is 9.82. The van der Waals surface area contributed by atoms with E-state index in [1.54, 1.807) is 18.2 Å². The molecule has 2 rings (SSSR count). The van der Waals surface area contributed by atoms with E-state index in [1.807, 2.05) is 6.92 Å². The summed E-state index contributed by atoms with van der Waals surface area (Å²) in [6.07, 6.45) is 5.57. The molecule has 0 aliphatic heterocycles. The molecule has 1 aromatic rings. The molecule has 124 valence electrons. The van der Waals surface area contributed by atoms with Crippen molar-refractivity contribution in [2.75, 3.05) is 11.9 Å². The van der Waals surface area contributed by atoms with Gasteiger partial charge in [0, 0.05) is 5.69 Å². The Bertz CT molecular complexity index is 503. The van der Waals surface area contributed by atoms with Crippen LogP contribution in [-0.4, -0.2) is 18.1 Å². The number of carbonyl (C=O) groups is 1. The Hall–Kier alpha value is -0.970. The Morgan fingerprint density at radius 2 is 2.05 bits per heavy atom. The number of halogens is 2. The zero-order valence-electron chi connectivity index (χ0n) is 12.9. The van der Waals surface area contributed by atoms with Crippen molar-refractivity contribution < 1.29 is 9.53 Å². The second-order valence-electron chi connectivity index (χ2n) is 5.66. The normalized spacial score (nSPS) is 16.5. The fourth-order valence-electron chi connectivity index (χ4n) is 2.57. The van der Waals surface area contributed by atoms with E-state index >= 15 is 0 Å². The summed E-state index contributed by atoms with van der Waals surface area (Å²) in [6.45, 7) is 2.66. The predicted molar refractivity (Wildman–Crippen MR) is 93.1 cm³/mol. The smallest absolute Gasteiger partial charge is 0.244 e. The minimum absolute atomic E-state index is 0. The van der Waals surface area contributed by atoms with E-state index < -0.39 is 5.54 Å². The standard InChI is InChI=1S/C16H23ClN2O2.ClH/c1-2-10-21-14-7-6-12(11-13(14)17)19-15(20)16(18)8-4-3-5-9-16;/h6-7,11H,2-5,8-10,18H2,1H3,(H,19,20);1H. The number of anilines is 1. The number of carbonyl (C=O) groups excluding carboxylic acids is 1. The lowest BCUT2D eigenvalue weighted by Gasteiger charge is -2.31. The molecule has 0 atom stereocenters. The van der Waals surface area contributed by atoms with Crippen molar-refractivity contribution in [3.05, 3.63) is 23.2 Å². The van der Waals surface area contributed by atoms with Crippen molar-refractivity contribution in [1.29, 1.82) is 0 Å². The number of nitrogens with one attached hydrogen (secondary N) is 1. The second kappa shape index (κ2) is 8.61. The maximum absolute atomic E-state index is 12.3. The van der Waals surface area contributed by atoms with Gasteiger partial charge < -0.3 is 15.8 Å². The van der Waals surface area contributed by atoms with Gasteiger partial charge in [-0.3, -0.25) is 4.79 Å². The number of hydrogen-bond donors (Lipinski definition) is 2. The summed E-state index contributed by atoms with van der Waals surface area (Å²) in [5.74, 6) is 0.511. The Kier molecular flexibility index (Phi) is 7.46. The fourth-order valence-corrected chi connectivity index (χ4v) is 2.81. The van der Waals surface area contributed by atoms with Crippen molar-refractivity contribution in [3.8, 4) is 5.75 Å². The van der Waals surface area contributed by atoms with Crippen LogP contribution in [0.15, 0.2) is 18.2 Å². The number of amides is 1. The van der Waals surface area contributed by atoms with E-state index in [-0.39, 0.29) is 18.3 Å². The monoisotopic (exact) mass is 346 g/mol. The summed E-state index contributed by atoms with van der Waals surface area (Å²) >= 11 is 6.16. The van der Waals surface area contributed by atoms with Crippen LogP contribution in [0.25, 0.3) is 0 Å². The van der Waals surface area contributed by atoms with Crippen LogP contribution in [0.4, 0.5) is 5.69 Å². The molecule has 1 aliphatic carbocycles. The summed E-state index contributed by atoms with van der Waals surface area (Å²) in [7, 11) is 0. The maximum Gasteiger partial charge on any atom is 0.244 e. The van der Waals surface area contributed by atoms with E-state index in [0.29, 0.717) is 23.1 Å². The van der Waals surface area contributed by atoms with E-state index in [1.165, 1.54) is 0 Å². The van der Waals surface area contributed by atoms with Gasteiger partial charge >= 0.3 is 0 Å². The third kappa shape index (κ3) is 4.77. The van der Waals surface area contributed by atoms with Gasteiger partial charge in [-0.1, -0.05) is 37.8 Å². The van der Waals surface area contributed by atoms with Gasteiger partial charge in [-0.25, -0.2) is 0 Å². The molecule has 4 nitrogen and oxygen atoms in total. The molecule has 1 saturated carbocycles. The zero-order chi connectivity index (χ0) is 15.3. The first-order chi connectivity index (χ1) is 10.0. The number of rotatable bonds is 5. The minimum Gasteiger partial charge on any atom is -0.492 e. The quantitative estimate of drug-likeness (QED) is 0.841. The lowest BCUT2D eigenvalue weighted by molar-refractivity contribution is -0.122. The fraction of sp³-hybridized carbons (Fsp3) is 0.562. The minimum atomic E-state index is -0.748. The summed E-state index contributed by atoms with van der Waals surface area (Å²) in [4.78, 5) is 12.3. The Labute approximate surface area is 143 Å². The first-order valence-electron chi connectivity index (χ1n) is 7.58. The van der Waals surface area contributed by atoms with Gasteiger partial charge in [-0.15, -0.1) is 12.4 Å². The van der Waals surface area contributed by atoms with Crippen LogP contribution in [0.2, 0.25) is 5.02 Å². The molecule has 0 spiro atoms. The highest BCUT2D eigenvalue weighted by Crippen LogP contribution is 2.30. The Morgan fingerprint density at radius 3 is 2.64 bits per heavy atom. The SMILES string of the molecule is CCCOc1ccc(NC(=O)C2(N)CCCCC2)cc1Cl.Cl. The van der Waals surface area contributed by atoms with Crippen LogP contribution in [0.1, 0.15) is 45.4 Å². The highest BCUT2D eigenvalue weighted by molar-refractivity contribution is 6.32. The van der Waals surface area contributed by atoms with Crippen LogP contribution in [-0.2, 0) is 4.79 Å². The van der Waals surface area contributed by atoms with Crippen LogP contribution in [0, 0.1) is 0 Å². The maximum atomic E-state index is 12.3. The van der Waals surface area contributed by atoms with Crippen LogP contribution in [0.5, 0.6) is 5.75 Å². The van der Waals surface area contributed by atoms with E-state index in [2.05, 4.69) is 5.32 Å². The van der Waals surface area contributed by atoms with E-state index in [0.717, 1.165) is 38.5 Å². The third-order valence-electron chi connectivity index (χ3n) is 3.85. The average Bonchev–Trinajstić information content (AvgIpc) is 2.47. The third-order valence-corrected chi connectivity index (χ3v) is 4.14. The molecule has 1 aromatic carbocycles. The van der Waals surface area contributed by atoms with Crippen LogP contribution < -0.4 is 15.8 Å².